The molecule has 1 N–H and O–H groups in total. The van der Waals surface area contributed by atoms with Gasteiger partial charge in [-0.2, -0.15) is 0 Å². The maximum absolute atomic E-state index is 13.6. The Balaban J connectivity index is 2.34. The molecule has 0 unspecified atom stereocenters. The number of nitrogens with one attached hydrogen (secondary N) is 1. The topological polar surface area (TPSA) is 29.1 Å². The Hall–Kier alpha value is -3.12. The summed E-state index contributed by atoms with van der Waals surface area (Å²) in [4.78, 5) is 13.2. The number of benzene rings is 2. The second-order valence-corrected chi connectivity index (χ2v) is 8.80. The first-order valence-corrected chi connectivity index (χ1v) is 11.7. The Bertz CT molecular complexity index is 1030. The zero-order valence-corrected chi connectivity index (χ0v) is 20.6. The standard InChI is InChI=1S/C30H36FNO/c1-7-10-25(12-11-21(4)8-2)29(9-3)32-30(33)20-28(24-13-15-27(31)16-14-24)26-18-22(5)17-23(6)19-26/h9,13-19,21,28H,3,8,11-12,20H2,1-2,4-6H3,(H,32,33)/b29-25-/t21-,28+/m1/s1. The third kappa shape index (κ3) is 8.06. The van der Waals surface area contributed by atoms with Crippen molar-refractivity contribution in [1.82, 2.24) is 5.32 Å². The van der Waals surface area contributed by atoms with E-state index in [4.69, 9.17) is 0 Å². The molecule has 2 aromatic rings. The molecule has 0 saturated carbocycles. The highest BCUT2D eigenvalue weighted by Crippen LogP contribution is 2.30. The van der Waals surface area contributed by atoms with Crippen molar-refractivity contribution in [2.75, 3.05) is 0 Å². The van der Waals surface area contributed by atoms with Crippen LogP contribution in [0.15, 0.2) is 66.4 Å². The summed E-state index contributed by atoms with van der Waals surface area (Å²) in [7, 11) is 0. The normalized spacial score (nSPS) is 13.3. The molecule has 3 heteroatoms. The van der Waals surface area contributed by atoms with Crippen molar-refractivity contribution >= 4 is 5.91 Å². The number of carbonyl (C=O) groups is 1. The van der Waals surface area contributed by atoms with Gasteiger partial charge in [0.15, 0.2) is 0 Å². The Morgan fingerprint density at radius 2 is 1.76 bits per heavy atom. The molecule has 0 saturated heterocycles. The molecule has 33 heavy (non-hydrogen) atoms. The van der Waals surface area contributed by atoms with E-state index >= 15 is 0 Å². The summed E-state index contributed by atoms with van der Waals surface area (Å²) in [5, 5.41) is 3.05. The lowest BCUT2D eigenvalue weighted by atomic mass is 9.86. The quantitative estimate of drug-likeness (QED) is 0.300. The molecule has 0 fully saturated rings. The van der Waals surface area contributed by atoms with Crippen LogP contribution in [0.3, 0.4) is 0 Å². The van der Waals surface area contributed by atoms with E-state index in [1.54, 1.807) is 25.1 Å². The molecule has 0 aliphatic carbocycles. The number of carbonyl (C=O) groups excluding carboxylic acids is 1. The predicted octanol–water partition coefficient (Wildman–Crippen LogP) is 7.37. The molecule has 2 aromatic carbocycles. The van der Waals surface area contributed by atoms with Crippen molar-refractivity contribution in [2.45, 2.75) is 66.2 Å². The van der Waals surface area contributed by atoms with Gasteiger partial charge >= 0.3 is 0 Å². The maximum atomic E-state index is 13.6. The molecule has 2 atom stereocenters. The molecule has 0 bridgehead atoms. The van der Waals surface area contributed by atoms with E-state index in [0.29, 0.717) is 11.6 Å². The highest BCUT2D eigenvalue weighted by atomic mass is 19.1. The summed E-state index contributed by atoms with van der Waals surface area (Å²) < 4.78 is 13.6. The minimum absolute atomic E-state index is 0.114. The van der Waals surface area contributed by atoms with Crippen LogP contribution >= 0.6 is 0 Å². The van der Waals surface area contributed by atoms with Crippen LogP contribution in [0.25, 0.3) is 0 Å². The van der Waals surface area contributed by atoms with Crippen LogP contribution in [0, 0.1) is 37.4 Å². The van der Waals surface area contributed by atoms with Crippen LogP contribution in [0.5, 0.6) is 0 Å². The first-order valence-electron chi connectivity index (χ1n) is 11.7. The van der Waals surface area contributed by atoms with E-state index in [-0.39, 0.29) is 24.1 Å². The Morgan fingerprint density at radius 1 is 1.12 bits per heavy atom. The fraction of sp³-hybridized carbons (Fsp3) is 0.367. The molecule has 0 aliphatic rings. The molecule has 1 amide bonds. The van der Waals surface area contributed by atoms with Crippen molar-refractivity contribution < 1.29 is 9.18 Å². The lowest BCUT2D eigenvalue weighted by molar-refractivity contribution is -0.120. The summed E-state index contributed by atoms with van der Waals surface area (Å²) in [5.74, 6) is 6.13. The van der Waals surface area contributed by atoms with Gasteiger partial charge in [0, 0.05) is 17.9 Å². The van der Waals surface area contributed by atoms with Crippen LogP contribution in [-0.2, 0) is 4.79 Å². The molecule has 0 radical (unpaired) electrons. The van der Waals surface area contributed by atoms with Crippen LogP contribution in [0.2, 0.25) is 0 Å². The van der Waals surface area contributed by atoms with E-state index in [9.17, 15) is 9.18 Å². The Morgan fingerprint density at radius 3 is 2.30 bits per heavy atom. The van der Waals surface area contributed by atoms with Gasteiger partial charge in [0.05, 0.1) is 5.70 Å². The number of halogens is 1. The first kappa shape index (κ1) is 26.1. The third-order valence-corrected chi connectivity index (χ3v) is 5.97. The van der Waals surface area contributed by atoms with Crippen LogP contribution < -0.4 is 5.32 Å². The van der Waals surface area contributed by atoms with Crippen molar-refractivity contribution in [3.63, 3.8) is 0 Å². The second-order valence-electron chi connectivity index (χ2n) is 8.80. The fourth-order valence-electron chi connectivity index (χ4n) is 3.98. The lowest BCUT2D eigenvalue weighted by Crippen LogP contribution is -2.25. The molecule has 0 aliphatic heterocycles. The molecular formula is C30H36FNO. The summed E-state index contributed by atoms with van der Waals surface area (Å²) in [5.41, 5.74) is 5.81. The zero-order chi connectivity index (χ0) is 24.4. The van der Waals surface area contributed by atoms with Gasteiger partial charge in [-0.1, -0.05) is 74.2 Å². The van der Waals surface area contributed by atoms with E-state index in [0.717, 1.165) is 47.1 Å². The van der Waals surface area contributed by atoms with Crippen molar-refractivity contribution in [1.29, 1.82) is 0 Å². The van der Waals surface area contributed by atoms with E-state index < -0.39 is 0 Å². The number of rotatable bonds is 10. The van der Waals surface area contributed by atoms with Crippen LogP contribution in [0.1, 0.15) is 74.6 Å². The largest absolute Gasteiger partial charge is 0.325 e. The highest BCUT2D eigenvalue weighted by Gasteiger charge is 2.20. The van der Waals surface area contributed by atoms with E-state index in [2.05, 4.69) is 55.8 Å². The minimum atomic E-state index is -0.289. The van der Waals surface area contributed by atoms with Gasteiger partial charge in [0.2, 0.25) is 5.91 Å². The number of allylic oxidation sites excluding steroid dienone is 2. The molecule has 174 valence electrons. The Kier molecular flexibility index (Phi) is 10.1. The molecule has 0 spiro atoms. The molecule has 0 aromatic heterocycles. The zero-order valence-electron chi connectivity index (χ0n) is 20.6. The van der Waals surface area contributed by atoms with Gasteiger partial charge in [0.1, 0.15) is 5.82 Å². The number of hydrogen-bond donors (Lipinski definition) is 1. The lowest BCUT2D eigenvalue weighted by Gasteiger charge is -2.20. The van der Waals surface area contributed by atoms with Gasteiger partial charge in [-0.15, -0.1) is 5.92 Å². The van der Waals surface area contributed by atoms with Crippen LogP contribution in [-0.4, -0.2) is 5.91 Å². The monoisotopic (exact) mass is 445 g/mol. The van der Waals surface area contributed by atoms with Gasteiger partial charge in [-0.05, 0) is 68.9 Å². The van der Waals surface area contributed by atoms with E-state index in [1.807, 2.05) is 13.8 Å². The second kappa shape index (κ2) is 12.8. The van der Waals surface area contributed by atoms with Crippen molar-refractivity contribution in [3.05, 3.63) is 94.5 Å². The third-order valence-electron chi connectivity index (χ3n) is 5.97. The summed E-state index contributed by atoms with van der Waals surface area (Å²) in [6.45, 7) is 14.2. The predicted molar refractivity (Wildman–Crippen MR) is 136 cm³/mol. The smallest absolute Gasteiger partial charge is 0.225 e. The van der Waals surface area contributed by atoms with Crippen molar-refractivity contribution in [3.8, 4) is 11.8 Å². The fourth-order valence-corrected chi connectivity index (χ4v) is 3.98. The minimum Gasteiger partial charge on any atom is -0.325 e. The highest BCUT2D eigenvalue weighted by molar-refractivity contribution is 5.80. The SMILES string of the molecule is C=C/C(NC(=O)C[C@@H](c1ccc(F)cc1)c1cc(C)cc(C)c1)=C(\C#CC)CC[C@H](C)CC. The summed E-state index contributed by atoms with van der Waals surface area (Å²) in [6, 6.07) is 12.7. The number of hydrogen-bond acceptors (Lipinski definition) is 1. The molecule has 2 rings (SSSR count). The van der Waals surface area contributed by atoms with E-state index in [1.165, 1.54) is 12.1 Å². The summed E-state index contributed by atoms with van der Waals surface area (Å²) >= 11 is 0. The number of amides is 1. The van der Waals surface area contributed by atoms with Gasteiger partial charge in [0.25, 0.3) is 0 Å². The first-order chi connectivity index (χ1) is 15.8. The van der Waals surface area contributed by atoms with Gasteiger partial charge in [-0.25, -0.2) is 4.39 Å². The molecule has 2 nitrogen and oxygen atoms in total. The van der Waals surface area contributed by atoms with Gasteiger partial charge < -0.3 is 5.32 Å². The van der Waals surface area contributed by atoms with Crippen LogP contribution in [0.4, 0.5) is 4.39 Å². The van der Waals surface area contributed by atoms with Gasteiger partial charge in [-0.3, -0.25) is 4.79 Å². The number of aryl methyl sites for hydroxylation is 2. The summed E-state index contributed by atoms with van der Waals surface area (Å²) in [6.07, 6.45) is 4.84. The Labute approximate surface area is 199 Å². The maximum Gasteiger partial charge on any atom is 0.225 e. The molecule has 0 heterocycles. The molecular weight excluding hydrogens is 409 g/mol. The van der Waals surface area contributed by atoms with Crippen molar-refractivity contribution in [2.24, 2.45) is 5.92 Å². The average Bonchev–Trinajstić information content (AvgIpc) is 2.78. The average molecular weight is 446 g/mol.